The normalized spacial score (nSPS) is 10.4. The molecule has 3 aromatic heterocycles. The second-order valence-electron chi connectivity index (χ2n) is 14.8. The number of pyridine rings is 3. The molecule has 0 radical (unpaired) electrons. The lowest BCUT2D eigenvalue weighted by Crippen LogP contribution is -2.04. The molecule has 0 saturated carbocycles. The summed E-state index contributed by atoms with van der Waals surface area (Å²) in [5.74, 6) is 1.46. The third-order valence-corrected chi connectivity index (χ3v) is 11.2. The van der Waals surface area contributed by atoms with Gasteiger partial charge in [-0.3, -0.25) is 14.4 Å². The molecule has 0 fully saturated rings. The van der Waals surface area contributed by atoms with Gasteiger partial charge in [0.05, 0.1) is 51.2 Å². The summed E-state index contributed by atoms with van der Waals surface area (Å²) < 4.78 is 27.0. The standard InChI is InChI=1S/C30H28N2O6.C16H18O2.C7H6ClNO2/c1-19-23(17-37-27-13-11-21(15-33)29(31-27)35-3)7-5-9-25(19)26-10-6-8-24(20(26)2)18-38-28-14-12-22(16-34)30(32-28)36-4;1-11-13(9-17)5-3-7-15(11)16-8-4-6-14(10-18)12(16)2;1-11-7-5(4-10)2-3-6(8)9-7/h5-16H,17-18H2,1-4H3;3-8,17-18H,9-10H2,1-2H3;2-4H,1H3. The zero-order valence-corrected chi connectivity index (χ0v) is 39.1. The topological polar surface area (TPSA) is 176 Å². The summed E-state index contributed by atoms with van der Waals surface area (Å²) in [6.07, 6.45) is 2.06. The predicted octanol–water partition coefficient (Wildman–Crippen LogP) is 10.1. The molecule has 67 heavy (non-hydrogen) atoms. The minimum atomic E-state index is 0.0540. The molecule has 2 N–H and O–H groups in total. The van der Waals surface area contributed by atoms with Crippen molar-refractivity contribution in [3.05, 3.63) is 176 Å². The second kappa shape index (κ2) is 24.7. The van der Waals surface area contributed by atoms with Crippen LogP contribution in [0.2, 0.25) is 5.15 Å². The van der Waals surface area contributed by atoms with Crippen LogP contribution in [0.3, 0.4) is 0 Å². The van der Waals surface area contributed by atoms with E-state index in [1.165, 1.54) is 27.4 Å². The van der Waals surface area contributed by atoms with E-state index in [0.29, 0.717) is 65.7 Å². The molecule has 4 aromatic carbocycles. The van der Waals surface area contributed by atoms with E-state index in [9.17, 15) is 24.6 Å². The van der Waals surface area contributed by atoms with Crippen LogP contribution in [0.4, 0.5) is 0 Å². The molecule has 0 spiro atoms. The quantitative estimate of drug-likeness (QED) is 0.0692. The summed E-state index contributed by atoms with van der Waals surface area (Å²) in [7, 11) is 4.36. The Bertz CT molecular complexity index is 2670. The predicted molar refractivity (Wildman–Crippen MR) is 257 cm³/mol. The van der Waals surface area contributed by atoms with Crippen molar-refractivity contribution < 1.29 is 48.3 Å². The number of hydrogen-bond donors (Lipinski definition) is 2. The Morgan fingerprint density at radius 2 is 0.761 bits per heavy atom. The average molecular weight is 926 g/mol. The third kappa shape index (κ3) is 12.7. The third-order valence-electron chi connectivity index (χ3n) is 11.0. The fraction of sp³-hybridized carbons (Fsp3) is 0.208. The van der Waals surface area contributed by atoms with Crippen molar-refractivity contribution in [3.63, 3.8) is 0 Å². The van der Waals surface area contributed by atoms with E-state index in [1.807, 2.05) is 62.4 Å². The lowest BCUT2D eigenvalue weighted by atomic mass is 9.92. The van der Waals surface area contributed by atoms with Crippen LogP contribution in [0.15, 0.2) is 109 Å². The molecule has 346 valence electrons. The fourth-order valence-corrected chi connectivity index (χ4v) is 7.22. The molecule has 3 heterocycles. The number of ether oxygens (including phenoxy) is 5. The number of nitrogens with zero attached hydrogens (tertiary/aromatic N) is 3. The van der Waals surface area contributed by atoms with Gasteiger partial charge in [-0.1, -0.05) is 84.4 Å². The van der Waals surface area contributed by atoms with Crippen LogP contribution in [-0.2, 0) is 26.4 Å². The first kappa shape index (κ1) is 50.5. The lowest BCUT2D eigenvalue weighted by Gasteiger charge is -2.17. The molecule has 7 aromatic rings. The van der Waals surface area contributed by atoms with Crippen LogP contribution in [0.5, 0.6) is 29.4 Å². The number of aldehydes is 3. The van der Waals surface area contributed by atoms with Gasteiger partial charge in [-0.25, -0.2) is 4.98 Å². The minimum absolute atomic E-state index is 0.0540. The van der Waals surface area contributed by atoms with E-state index < -0.39 is 0 Å². The monoisotopic (exact) mass is 925 g/mol. The van der Waals surface area contributed by atoms with Crippen LogP contribution >= 0.6 is 11.6 Å². The number of aliphatic hydroxyl groups is 2. The summed E-state index contributed by atoms with van der Waals surface area (Å²) in [5.41, 5.74) is 13.8. The summed E-state index contributed by atoms with van der Waals surface area (Å²) in [5, 5.41) is 19.0. The number of methoxy groups -OCH3 is 3. The van der Waals surface area contributed by atoms with Gasteiger partial charge in [0.2, 0.25) is 29.4 Å². The molecule has 14 heteroatoms. The zero-order chi connectivity index (χ0) is 48.5. The van der Waals surface area contributed by atoms with E-state index in [0.717, 1.165) is 66.8 Å². The molecule has 13 nitrogen and oxygen atoms in total. The molecule has 0 saturated heterocycles. The van der Waals surface area contributed by atoms with Crippen molar-refractivity contribution >= 4 is 30.5 Å². The number of rotatable bonds is 16. The first-order valence-corrected chi connectivity index (χ1v) is 21.3. The number of hydrogen-bond acceptors (Lipinski definition) is 13. The molecule has 0 aliphatic rings. The Kier molecular flexibility index (Phi) is 18.7. The number of aromatic nitrogens is 3. The maximum Gasteiger partial charge on any atom is 0.227 e. The van der Waals surface area contributed by atoms with Crippen molar-refractivity contribution in [2.75, 3.05) is 21.3 Å². The van der Waals surface area contributed by atoms with Crippen molar-refractivity contribution in [2.45, 2.75) is 54.1 Å². The van der Waals surface area contributed by atoms with Crippen LogP contribution in [0.1, 0.15) is 75.6 Å². The van der Waals surface area contributed by atoms with Gasteiger partial charge in [0, 0.05) is 12.1 Å². The van der Waals surface area contributed by atoms with Crippen molar-refractivity contribution in [1.29, 1.82) is 0 Å². The smallest absolute Gasteiger partial charge is 0.227 e. The number of carbonyl (C=O) groups is 3. The number of aliphatic hydroxyl groups excluding tert-OH is 2. The van der Waals surface area contributed by atoms with Crippen molar-refractivity contribution in [1.82, 2.24) is 15.0 Å². The summed E-state index contributed by atoms with van der Waals surface area (Å²) in [6.45, 7) is 8.88. The molecule has 0 aliphatic heterocycles. The average Bonchev–Trinajstić information content (AvgIpc) is 3.36. The van der Waals surface area contributed by atoms with Crippen LogP contribution < -0.4 is 23.7 Å². The van der Waals surface area contributed by atoms with Crippen LogP contribution in [0, 0.1) is 27.7 Å². The Balaban J connectivity index is 0.000000236. The van der Waals surface area contributed by atoms with Crippen molar-refractivity contribution in [3.8, 4) is 51.7 Å². The highest BCUT2D eigenvalue weighted by Crippen LogP contribution is 2.33. The maximum absolute atomic E-state index is 11.1. The molecular weight excluding hydrogens is 874 g/mol. The molecular formula is C53H52ClN3O10. The molecule has 0 unspecified atom stereocenters. The second-order valence-corrected chi connectivity index (χ2v) is 15.2. The summed E-state index contributed by atoms with van der Waals surface area (Å²) >= 11 is 5.55. The fourth-order valence-electron chi connectivity index (χ4n) is 7.08. The van der Waals surface area contributed by atoms with Gasteiger partial charge in [0.1, 0.15) is 18.4 Å². The minimum Gasteiger partial charge on any atom is -0.480 e. The van der Waals surface area contributed by atoms with Gasteiger partial charge in [-0.05, 0) is 119 Å². The highest BCUT2D eigenvalue weighted by atomic mass is 35.5. The zero-order valence-electron chi connectivity index (χ0n) is 38.3. The number of halogens is 1. The first-order chi connectivity index (χ1) is 32.4. The highest BCUT2D eigenvalue weighted by Gasteiger charge is 2.15. The first-order valence-electron chi connectivity index (χ1n) is 20.9. The Morgan fingerprint density at radius 1 is 0.448 bits per heavy atom. The van der Waals surface area contributed by atoms with E-state index in [-0.39, 0.29) is 30.9 Å². The molecule has 0 aliphatic carbocycles. The van der Waals surface area contributed by atoms with Crippen LogP contribution in [0.25, 0.3) is 22.3 Å². The number of carbonyl (C=O) groups excluding carboxylic acids is 3. The van der Waals surface area contributed by atoms with E-state index in [4.69, 9.17) is 35.3 Å². The molecule has 0 bridgehead atoms. The van der Waals surface area contributed by atoms with E-state index >= 15 is 0 Å². The van der Waals surface area contributed by atoms with Crippen molar-refractivity contribution in [2.24, 2.45) is 0 Å². The Hall–Kier alpha value is -7.45. The molecule has 7 rings (SSSR count). The van der Waals surface area contributed by atoms with E-state index in [2.05, 4.69) is 53.1 Å². The van der Waals surface area contributed by atoms with Crippen LogP contribution in [-0.4, -0.2) is 65.4 Å². The van der Waals surface area contributed by atoms with Gasteiger partial charge in [-0.15, -0.1) is 0 Å². The van der Waals surface area contributed by atoms with Gasteiger partial charge in [0.15, 0.2) is 18.9 Å². The SMILES string of the molecule is COc1nc(Cl)ccc1C=O.COc1nc(OCc2cccc(-c3cccc(COc4ccc(C=O)c(OC)n4)c3C)c2C)ccc1C=O.Cc1c(CO)cccc1-c1cccc(CO)c1C. The Morgan fingerprint density at radius 3 is 1.09 bits per heavy atom. The van der Waals surface area contributed by atoms with Gasteiger partial charge in [-0.2, -0.15) is 9.97 Å². The van der Waals surface area contributed by atoms with Gasteiger partial charge >= 0.3 is 0 Å². The largest absolute Gasteiger partial charge is 0.480 e. The maximum atomic E-state index is 11.1. The molecule has 0 amide bonds. The molecule has 0 atom stereocenters. The number of benzene rings is 4. The Labute approximate surface area is 394 Å². The lowest BCUT2D eigenvalue weighted by molar-refractivity contribution is 0.111. The summed E-state index contributed by atoms with van der Waals surface area (Å²) in [6, 6.07) is 33.7. The highest BCUT2D eigenvalue weighted by molar-refractivity contribution is 6.29. The van der Waals surface area contributed by atoms with Gasteiger partial charge in [0.25, 0.3) is 0 Å². The summed E-state index contributed by atoms with van der Waals surface area (Å²) in [4.78, 5) is 44.9. The van der Waals surface area contributed by atoms with Gasteiger partial charge < -0.3 is 33.9 Å². The van der Waals surface area contributed by atoms with E-state index in [1.54, 1.807) is 30.3 Å².